The molecule has 0 heterocycles. The lowest BCUT2D eigenvalue weighted by Crippen LogP contribution is -2.13. The first-order chi connectivity index (χ1) is 9.81. The van der Waals surface area contributed by atoms with Gasteiger partial charge >= 0.3 is 5.97 Å². The van der Waals surface area contributed by atoms with E-state index in [1.807, 2.05) is 6.92 Å². The number of carboxylic acids is 1. The number of nitrogens with zero attached hydrogens (tertiary/aromatic N) is 1. The normalized spacial score (nSPS) is 10.2. The predicted molar refractivity (Wildman–Crippen MR) is 77.3 cm³/mol. The number of aliphatic carboxylic acids is 1. The summed E-state index contributed by atoms with van der Waals surface area (Å²) < 4.78 is 0. The second kappa shape index (κ2) is 7.37. The van der Waals surface area contributed by atoms with Crippen molar-refractivity contribution < 1.29 is 19.6 Å². The summed E-state index contributed by atoms with van der Waals surface area (Å²) in [4.78, 5) is 32.6. The minimum Gasteiger partial charge on any atom is -0.481 e. The summed E-state index contributed by atoms with van der Waals surface area (Å²) in [7, 11) is 0. The predicted octanol–water partition coefficient (Wildman–Crippen LogP) is 2.80. The highest BCUT2D eigenvalue weighted by molar-refractivity contribution is 5.93. The average molecular weight is 294 g/mol. The Balaban J connectivity index is 2.69. The number of aryl methyl sites for hydroxylation is 2. The van der Waals surface area contributed by atoms with Crippen LogP contribution in [0.4, 0.5) is 11.4 Å². The van der Waals surface area contributed by atoms with E-state index in [0.29, 0.717) is 12.8 Å². The second-order valence-corrected chi connectivity index (χ2v) is 4.86. The van der Waals surface area contributed by atoms with Crippen LogP contribution in [-0.4, -0.2) is 21.9 Å². The highest BCUT2D eigenvalue weighted by atomic mass is 16.6. The minimum absolute atomic E-state index is 0.0110. The number of anilines is 1. The molecule has 0 unspecified atom stereocenters. The Morgan fingerprint density at radius 3 is 2.33 bits per heavy atom. The number of carboxylic acid groups (broad SMARTS) is 1. The van der Waals surface area contributed by atoms with Crippen molar-refractivity contribution in [3.63, 3.8) is 0 Å². The van der Waals surface area contributed by atoms with Crippen molar-refractivity contribution in [1.82, 2.24) is 0 Å². The fourth-order valence-corrected chi connectivity index (χ4v) is 1.83. The largest absolute Gasteiger partial charge is 0.481 e. The Hall–Kier alpha value is -2.44. The van der Waals surface area contributed by atoms with Gasteiger partial charge in [0.25, 0.3) is 5.69 Å². The molecule has 0 saturated carbocycles. The van der Waals surface area contributed by atoms with Crippen LogP contribution < -0.4 is 5.32 Å². The zero-order valence-electron chi connectivity index (χ0n) is 12.0. The number of nitro benzene ring substituents is 1. The van der Waals surface area contributed by atoms with Crippen LogP contribution in [-0.2, 0) is 9.59 Å². The molecule has 0 radical (unpaired) electrons. The van der Waals surface area contributed by atoms with E-state index in [4.69, 9.17) is 5.11 Å². The molecule has 0 fully saturated rings. The van der Waals surface area contributed by atoms with Gasteiger partial charge in [-0.15, -0.1) is 0 Å². The molecule has 0 aliphatic carbocycles. The number of hydrogen-bond donors (Lipinski definition) is 2. The van der Waals surface area contributed by atoms with E-state index < -0.39 is 10.9 Å². The van der Waals surface area contributed by atoms with Gasteiger partial charge in [-0.2, -0.15) is 0 Å². The van der Waals surface area contributed by atoms with Gasteiger partial charge in [-0.05, 0) is 43.9 Å². The van der Waals surface area contributed by atoms with Crippen LogP contribution in [0.1, 0.15) is 36.8 Å². The van der Waals surface area contributed by atoms with E-state index in [9.17, 15) is 19.7 Å². The maximum atomic E-state index is 11.7. The third kappa shape index (κ3) is 5.21. The van der Waals surface area contributed by atoms with Crippen LogP contribution in [0.15, 0.2) is 12.1 Å². The van der Waals surface area contributed by atoms with Crippen LogP contribution in [0.2, 0.25) is 0 Å². The molecular weight excluding hydrogens is 276 g/mol. The minimum atomic E-state index is -0.903. The van der Waals surface area contributed by atoms with E-state index in [2.05, 4.69) is 5.32 Å². The quantitative estimate of drug-likeness (QED) is 0.456. The van der Waals surface area contributed by atoms with Crippen molar-refractivity contribution in [3.8, 4) is 0 Å². The first kappa shape index (κ1) is 16.6. The van der Waals surface area contributed by atoms with Gasteiger partial charge in [-0.3, -0.25) is 19.7 Å². The smallest absolute Gasteiger partial charge is 0.303 e. The van der Waals surface area contributed by atoms with Gasteiger partial charge in [0.1, 0.15) is 5.69 Å². The molecule has 114 valence electrons. The standard InChI is InChI=1S/C14H18N2O5/c1-9-7-11(12(16(20)21)8-10(9)2)15-13(17)5-3-4-6-14(18)19/h7-8H,3-6H2,1-2H3,(H,15,17)(H,18,19). The van der Waals surface area contributed by atoms with Gasteiger partial charge in [0, 0.05) is 18.9 Å². The zero-order chi connectivity index (χ0) is 16.0. The molecule has 1 aromatic rings. The van der Waals surface area contributed by atoms with Crippen LogP contribution in [0.25, 0.3) is 0 Å². The number of carbonyl (C=O) groups is 2. The number of hydrogen-bond acceptors (Lipinski definition) is 4. The third-order valence-electron chi connectivity index (χ3n) is 3.13. The first-order valence-corrected chi connectivity index (χ1v) is 6.58. The van der Waals surface area contributed by atoms with Crippen LogP contribution in [0.3, 0.4) is 0 Å². The lowest BCUT2D eigenvalue weighted by Gasteiger charge is -2.08. The number of rotatable bonds is 7. The summed E-state index contributed by atoms with van der Waals surface area (Å²) in [6.07, 6.45) is 0.975. The van der Waals surface area contributed by atoms with Crippen molar-refractivity contribution >= 4 is 23.3 Å². The SMILES string of the molecule is Cc1cc(NC(=O)CCCCC(=O)O)c([N+](=O)[O-])cc1C. The Kier molecular flexibility index (Phi) is 5.83. The number of benzene rings is 1. The lowest BCUT2D eigenvalue weighted by atomic mass is 10.1. The number of amides is 1. The zero-order valence-corrected chi connectivity index (χ0v) is 12.0. The monoisotopic (exact) mass is 294 g/mol. The first-order valence-electron chi connectivity index (χ1n) is 6.58. The molecule has 0 bridgehead atoms. The van der Waals surface area contributed by atoms with Crippen LogP contribution >= 0.6 is 0 Å². The molecule has 0 aliphatic heterocycles. The molecule has 1 amide bonds. The lowest BCUT2D eigenvalue weighted by molar-refractivity contribution is -0.384. The average Bonchev–Trinajstić information content (AvgIpc) is 2.38. The maximum absolute atomic E-state index is 11.7. The van der Waals surface area contributed by atoms with Crippen molar-refractivity contribution in [2.24, 2.45) is 0 Å². The molecule has 21 heavy (non-hydrogen) atoms. The molecule has 0 atom stereocenters. The van der Waals surface area contributed by atoms with Gasteiger partial charge < -0.3 is 10.4 Å². The molecule has 0 spiro atoms. The van der Waals surface area contributed by atoms with Gasteiger partial charge in [0.2, 0.25) is 5.91 Å². The summed E-state index contributed by atoms with van der Waals surface area (Å²) in [6, 6.07) is 3.00. The number of carbonyl (C=O) groups excluding carboxylic acids is 1. The van der Waals surface area contributed by atoms with E-state index >= 15 is 0 Å². The van der Waals surface area contributed by atoms with E-state index in [1.165, 1.54) is 6.07 Å². The molecule has 7 heteroatoms. The van der Waals surface area contributed by atoms with E-state index in [0.717, 1.165) is 11.1 Å². The Bertz CT molecular complexity index is 569. The Labute approximate surface area is 122 Å². The van der Waals surface area contributed by atoms with Crippen molar-refractivity contribution in [3.05, 3.63) is 33.4 Å². The highest BCUT2D eigenvalue weighted by Crippen LogP contribution is 2.28. The van der Waals surface area contributed by atoms with E-state index in [1.54, 1.807) is 13.0 Å². The van der Waals surface area contributed by atoms with Crippen molar-refractivity contribution in [2.75, 3.05) is 5.32 Å². The van der Waals surface area contributed by atoms with Gasteiger partial charge in [-0.1, -0.05) is 0 Å². The Morgan fingerprint density at radius 1 is 1.19 bits per heavy atom. The molecule has 2 N–H and O–H groups in total. The highest BCUT2D eigenvalue weighted by Gasteiger charge is 2.17. The number of nitrogens with one attached hydrogen (secondary N) is 1. The third-order valence-corrected chi connectivity index (χ3v) is 3.13. The van der Waals surface area contributed by atoms with Gasteiger partial charge in [-0.25, -0.2) is 0 Å². The maximum Gasteiger partial charge on any atom is 0.303 e. The molecule has 7 nitrogen and oxygen atoms in total. The molecule has 1 rings (SSSR count). The fourth-order valence-electron chi connectivity index (χ4n) is 1.83. The van der Waals surface area contributed by atoms with Gasteiger partial charge in [0.05, 0.1) is 4.92 Å². The topological polar surface area (TPSA) is 110 Å². The number of unbranched alkanes of at least 4 members (excludes halogenated alkanes) is 1. The summed E-state index contributed by atoms with van der Waals surface area (Å²) in [5.41, 5.74) is 1.66. The summed E-state index contributed by atoms with van der Waals surface area (Å²) in [6.45, 7) is 3.57. The summed E-state index contributed by atoms with van der Waals surface area (Å²) in [5.74, 6) is -1.26. The fraction of sp³-hybridized carbons (Fsp3) is 0.429. The second-order valence-electron chi connectivity index (χ2n) is 4.86. The van der Waals surface area contributed by atoms with Gasteiger partial charge in [0.15, 0.2) is 0 Å². The molecule has 1 aromatic carbocycles. The van der Waals surface area contributed by atoms with Crippen LogP contribution in [0, 0.1) is 24.0 Å². The van der Waals surface area contributed by atoms with Crippen LogP contribution in [0.5, 0.6) is 0 Å². The summed E-state index contributed by atoms with van der Waals surface area (Å²) in [5, 5.41) is 22.0. The summed E-state index contributed by atoms with van der Waals surface area (Å²) >= 11 is 0. The molecule has 0 aliphatic rings. The Morgan fingerprint density at radius 2 is 1.76 bits per heavy atom. The molecule has 0 aromatic heterocycles. The van der Waals surface area contributed by atoms with Crippen molar-refractivity contribution in [2.45, 2.75) is 39.5 Å². The number of nitro groups is 1. The van der Waals surface area contributed by atoms with Crippen molar-refractivity contribution in [1.29, 1.82) is 0 Å². The van der Waals surface area contributed by atoms with E-state index in [-0.39, 0.29) is 30.1 Å². The molecule has 0 saturated heterocycles. The molecular formula is C14H18N2O5.